The molecule has 1 aromatic heterocycles. The topological polar surface area (TPSA) is 101 Å². The highest BCUT2D eigenvalue weighted by Crippen LogP contribution is 2.33. The summed E-state index contributed by atoms with van der Waals surface area (Å²) in [4.78, 5) is 44.7. The highest BCUT2D eigenvalue weighted by Gasteiger charge is 2.24. The van der Waals surface area contributed by atoms with Crippen LogP contribution in [0.2, 0.25) is 0 Å². The number of ketones is 1. The molecular formula is C25H26N4O4S. The van der Waals surface area contributed by atoms with Gasteiger partial charge in [0.05, 0.1) is 0 Å². The van der Waals surface area contributed by atoms with E-state index in [4.69, 9.17) is 4.74 Å². The maximum atomic E-state index is 13.1. The lowest BCUT2D eigenvalue weighted by Gasteiger charge is -2.25. The number of alkyl carbamates (subject to hydrolysis) is 1. The molecule has 1 aliphatic heterocycles. The number of aromatic nitrogens is 1. The molecule has 1 aliphatic rings. The number of anilines is 2. The maximum Gasteiger partial charge on any atom is 0.407 e. The summed E-state index contributed by atoms with van der Waals surface area (Å²) in [5.74, 6) is -0.481. The lowest BCUT2D eigenvalue weighted by molar-refractivity contribution is -0.115. The van der Waals surface area contributed by atoms with Gasteiger partial charge in [-0.2, -0.15) is 0 Å². The molecule has 4 rings (SSSR count). The van der Waals surface area contributed by atoms with E-state index >= 15 is 0 Å². The summed E-state index contributed by atoms with van der Waals surface area (Å²) in [7, 11) is 0. The first-order valence-corrected chi connectivity index (χ1v) is 12.0. The normalized spacial score (nSPS) is 13.2. The highest BCUT2D eigenvalue weighted by atomic mass is 32.1. The van der Waals surface area contributed by atoms with Crippen molar-refractivity contribution in [2.24, 2.45) is 0 Å². The molecule has 0 aliphatic carbocycles. The second-order valence-electron chi connectivity index (χ2n) is 7.88. The Labute approximate surface area is 202 Å². The molecule has 0 unspecified atom stereocenters. The summed E-state index contributed by atoms with van der Waals surface area (Å²) in [6.07, 6.45) is 2.61. The average molecular weight is 479 g/mol. The molecule has 9 heteroatoms. The first-order chi connectivity index (χ1) is 16.6. The van der Waals surface area contributed by atoms with Gasteiger partial charge in [0.25, 0.3) is 0 Å². The van der Waals surface area contributed by atoms with Crippen molar-refractivity contribution >= 4 is 40.1 Å². The number of carbonyl (C=O) groups is 3. The number of ether oxygens (including phenoxy) is 1. The van der Waals surface area contributed by atoms with E-state index in [0.717, 1.165) is 31.5 Å². The Morgan fingerprint density at radius 2 is 1.62 bits per heavy atom. The second-order valence-corrected chi connectivity index (χ2v) is 8.86. The summed E-state index contributed by atoms with van der Waals surface area (Å²) in [6.45, 7) is 1.54. The fourth-order valence-electron chi connectivity index (χ4n) is 3.59. The number of amides is 2. The molecule has 176 valence electrons. The van der Waals surface area contributed by atoms with Crippen molar-refractivity contribution in [2.75, 3.05) is 29.9 Å². The van der Waals surface area contributed by atoms with E-state index in [2.05, 4.69) is 20.5 Å². The number of piperidine rings is 1. The zero-order valence-corrected chi connectivity index (χ0v) is 19.5. The van der Waals surface area contributed by atoms with Crippen molar-refractivity contribution in [3.63, 3.8) is 0 Å². The Morgan fingerprint density at radius 1 is 0.941 bits per heavy atom. The van der Waals surface area contributed by atoms with E-state index in [0.29, 0.717) is 15.6 Å². The number of nitrogens with one attached hydrogen (secondary N) is 2. The molecule has 2 aromatic carbocycles. The van der Waals surface area contributed by atoms with E-state index in [1.807, 2.05) is 36.4 Å². The number of rotatable bonds is 8. The summed E-state index contributed by atoms with van der Waals surface area (Å²) in [5.41, 5.74) is 1.37. The van der Waals surface area contributed by atoms with Crippen molar-refractivity contribution in [3.05, 3.63) is 76.7 Å². The number of hydrogen-bond donors (Lipinski definition) is 2. The van der Waals surface area contributed by atoms with Gasteiger partial charge in [-0.1, -0.05) is 72.0 Å². The van der Waals surface area contributed by atoms with E-state index in [1.165, 1.54) is 17.8 Å². The monoisotopic (exact) mass is 478 g/mol. The Kier molecular flexibility index (Phi) is 7.87. The zero-order valence-electron chi connectivity index (χ0n) is 18.7. The van der Waals surface area contributed by atoms with Crippen LogP contribution in [0.5, 0.6) is 0 Å². The molecule has 1 saturated heterocycles. The molecular weight excluding hydrogens is 452 g/mol. The first kappa shape index (κ1) is 23.4. The Balaban J connectivity index is 1.41. The SMILES string of the molecule is O=C(CNC(=O)OCc1ccccc1)Nc1nc(N2CCCCC2)sc1C(=O)c1ccccc1. The van der Waals surface area contributed by atoms with Gasteiger partial charge in [0.15, 0.2) is 10.9 Å². The van der Waals surface area contributed by atoms with Crippen LogP contribution in [0.4, 0.5) is 15.7 Å². The van der Waals surface area contributed by atoms with E-state index in [9.17, 15) is 14.4 Å². The zero-order chi connectivity index (χ0) is 23.8. The lowest BCUT2D eigenvalue weighted by Crippen LogP contribution is -2.33. The van der Waals surface area contributed by atoms with E-state index < -0.39 is 12.0 Å². The van der Waals surface area contributed by atoms with Crippen LogP contribution in [0.25, 0.3) is 0 Å². The Hall–Kier alpha value is -3.72. The lowest BCUT2D eigenvalue weighted by atomic mass is 10.1. The van der Waals surface area contributed by atoms with Gasteiger partial charge < -0.3 is 20.3 Å². The second kappa shape index (κ2) is 11.4. The molecule has 8 nitrogen and oxygen atoms in total. The Morgan fingerprint density at radius 3 is 2.32 bits per heavy atom. The molecule has 34 heavy (non-hydrogen) atoms. The molecule has 1 fully saturated rings. The molecule has 2 heterocycles. The van der Waals surface area contributed by atoms with Crippen molar-refractivity contribution in [2.45, 2.75) is 25.9 Å². The van der Waals surface area contributed by atoms with Gasteiger partial charge in [-0.3, -0.25) is 9.59 Å². The van der Waals surface area contributed by atoms with Gasteiger partial charge >= 0.3 is 6.09 Å². The van der Waals surface area contributed by atoms with Gasteiger partial charge in [-0.25, -0.2) is 9.78 Å². The molecule has 0 atom stereocenters. The smallest absolute Gasteiger partial charge is 0.407 e. The highest BCUT2D eigenvalue weighted by molar-refractivity contribution is 7.18. The Bertz CT molecular complexity index is 1130. The van der Waals surface area contributed by atoms with Crippen LogP contribution < -0.4 is 15.5 Å². The summed E-state index contributed by atoms with van der Waals surface area (Å²) >= 11 is 1.28. The minimum Gasteiger partial charge on any atom is -0.445 e. The van der Waals surface area contributed by atoms with Crippen LogP contribution in [0.15, 0.2) is 60.7 Å². The van der Waals surface area contributed by atoms with Gasteiger partial charge in [0, 0.05) is 18.7 Å². The number of hydrogen-bond acceptors (Lipinski definition) is 7. The molecule has 2 amide bonds. The minimum atomic E-state index is -0.702. The molecule has 0 saturated carbocycles. The van der Waals surface area contributed by atoms with Crippen LogP contribution in [-0.2, 0) is 16.1 Å². The maximum absolute atomic E-state index is 13.1. The van der Waals surface area contributed by atoms with Crippen molar-refractivity contribution in [3.8, 4) is 0 Å². The van der Waals surface area contributed by atoms with Crippen LogP contribution in [0, 0.1) is 0 Å². The third-order valence-corrected chi connectivity index (χ3v) is 6.46. The molecule has 0 bridgehead atoms. The van der Waals surface area contributed by atoms with Gasteiger partial charge in [-0.05, 0) is 24.8 Å². The summed E-state index contributed by atoms with van der Waals surface area (Å²) in [6, 6.07) is 18.2. The van der Waals surface area contributed by atoms with Gasteiger partial charge in [0.1, 0.15) is 18.0 Å². The fourth-order valence-corrected chi connectivity index (χ4v) is 4.63. The standard InChI is InChI=1S/C25H26N4O4S/c30-20(16-26-25(32)33-17-18-10-4-1-5-11-18)27-23-22(21(31)19-12-6-2-7-13-19)34-24(28-23)29-14-8-3-9-15-29/h1-2,4-7,10-13H,3,8-9,14-17H2,(H,26,32)(H,27,30). The third kappa shape index (κ3) is 6.20. The van der Waals surface area contributed by atoms with Gasteiger partial charge in [0.2, 0.25) is 11.7 Å². The number of carbonyl (C=O) groups excluding carboxylic acids is 3. The van der Waals surface area contributed by atoms with E-state index in [1.54, 1.807) is 24.3 Å². The molecule has 3 aromatic rings. The number of benzene rings is 2. The predicted octanol–water partition coefficient (Wildman–Crippen LogP) is 4.23. The predicted molar refractivity (Wildman–Crippen MR) is 131 cm³/mol. The molecule has 2 N–H and O–H groups in total. The van der Waals surface area contributed by atoms with E-state index in [-0.39, 0.29) is 24.8 Å². The largest absolute Gasteiger partial charge is 0.445 e. The first-order valence-electron chi connectivity index (χ1n) is 11.2. The van der Waals surface area contributed by atoms with Crippen LogP contribution in [-0.4, -0.2) is 42.4 Å². The quantitative estimate of drug-likeness (QED) is 0.470. The fraction of sp³-hybridized carbons (Fsp3) is 0.280. The van der Waals surface area contributed by atoms with Gasteiger partial charge in [-0.15, -0.1) is 0 Å². The molecule has 0 spiro atoms. The van der Waals surface area contributed by atoms with Crippen LogP contribution in [0.3, 0.4) is 0 Å². The minimum absolute atomic E-state index is 0.106. The van der Waals surface area contributed by atoms with Crippen molar-refractivity contribution in [1.29, 1.82) is 0 Å². The van der Waals surface area contributed by atoms with Crippen molar-refractivity contribution < 1.29 is 19.1 Å². The average Bonchev–Trinajstić information content (AvgIpc) is 3.31. The van der Waals surface area contributed by atoms with Crippen LogP contribution >= 0.6 is 11.3 Å². The number of nitrogens with zero attached hydrogens (tertiary/aromatic N) is 2. The summed E-state index contributed by atoms with van der Waals surface area (Å²) < 4.78 is 5.13. The third-order valence-electron chi connectivity index (χ3n) is 5.35. The summed E-state index contributed by atoms with van der Waals surface area (Å²) in [5, 5.41) is 5.84. The van der Waals surface area contributed by atoms with Crippen molar-refractivity contribution in [1.82, 2.24) is 10.3 Å². The molecule has 0 radical (unpaired) electrons. The number of thiazole rings is 1. The van der Waals surface area contributed by atoms with Crippen LogP contribution in [0.1, 0.15) is 40.1 Å².